The normalized spacial score (nSPS) is 18.1. The summed E-state index contributed by atoms with van der Waals surface area (Å²) < 4.78 is 10.2. The lowest BCUT2D eigenvalue weighted by molar-refractivity contribution is -0.123. The summed E-state index contributed by atoms with van der Waals surface area (Å²) in [4.78, 5) is 12.0. The Morgan fingerprint density at radius 2 is 2.24 bits per heavy atom. The highest BCUT2D eigenvalue weighted by Crippen LogP contribution is 2.33. The zero-order chi connectivity index (χ0) is 15.2. The summed E-state index contributed by atoms with van der Waals surface area (Å²) in [5.74, 6) is 0.864. The van der Waals surface area contributed by atoms with Crippen LogP contribution < -0.4 is 15.4 Å². The first kappa shape index (κ1) is 15.8. The summed E-state index contributed by atoms with van der Waals surface area (Å²) in [5.41, 5.74) is 2.58. The average molecular weight is 292 g/mol. The van der Waals surface area contributed by atoms with Crippen molar-refractivity contribution in [1.82, 2.24) is 10.6 Å². The lowest BCUT2D eigenvalue weighted by Crippen LogP contribution is -2.44. The number of rotatable bonds is 7. The highest BCUT2D eigenvalue weighted by atomic mass is 16.5. The lowest BCUT2D eigenvalue weighted by atomic mass is 10.1. The number of benzene rings is 1. The third kappa shape index (κ3) is 3.95. The van der Waals surface area contributed by atoms with Crippen molar-refractivity contribution in [3.63, 3.8) is 0 Å². The topological polar surface area (TPSA) is 59.6 Å². The maximum absolute atomic E-state index is 12.0. The van der Waals surface area contributed by atoms with Gasteiger partial charge in [-0.2, -0.15) is 0 Å². The van der Waals surface area contributed by atoms with Crippen LogP contribution in [0.2, 0.25) is 0 Å². The average Bonchev–Trinajstić information content (AvgIpc) is 2.89. The molecule has 0 aliphatic heterocycles. The van der Waals surface area contributed by atoms with E-state index in [9.17, 15) is 4.79 Å². The van der Waals surface area contributed by atoms with Crippen LogP contribution in [0, 0.1) is 0 Å². The van der Waals surface area contributed by atoms with E-state index in [1.807, 2.05) is 13.0 Å². The maximum atomic E-state index is 12.0. The number of ether oxygens (including phenoxy) is 2. The Hall–Kier alpha value is -1.59. The van der Waals surface area contributed by atoms with E-state index in [1.165, 1.54) is 11.1 Å². The highest BCUT2D eigenvalue weighted by molar-refractivity contribution is 5.81. The molecule has 1 aromatic rings. The molecule has 0 saturated carbocycles. The number of hydrogen-bond donors (Lipinski definition) is 2. The fraction of sp³-hybridized carbons (Fsp3) is 0.562. The third-order valence-electron chi connectivity index (χ3n) is 3.88. The minimum absolute atomic E-state index is 0.00314. The fourth-order valence-corrected chi connectivity index (χ4v) is 2.69. The molecular weight excluding hydrogens is 268 g/mol. The summed E-state index contributed by atoms with van der Waals surface area (Å²) in [6.07, 6.45) is 2.05. The van der Waals surface area contributed by atoms with E-state index in [4.69, 9.17) is 9.47 Å². The molecular formula is C16H24N2O3. The number of amides is 1. The Morgan fingerprint density at radius 3 is 2.95 bits per heavy atom. The number of nitrogens with one attached hydrogen (secondary N) is 2. The molecule has 0 saturated heterocycles. The molecule has 0 aromatic heterocycles. The fourth-order valence-electron chi connectivity index (χ4n) is 2.69. The van der Waals surface area contributed by atoms with Gasteiger partial charge >= 0.3 is 0 Å². The van der Waals surface area contributed by atoms with Crippen LogP contribution in [0.4, 0.5) is 0 Å². The number of hydrogen-bond acceptors (Lipinski definition) is 4. The first-order chi connectivity index (χ1) is 10.2. The van der Waals surface area contributed by atoms with Crippen LogP contribution in [-0.2, 0) is 16.0 Å². The zero-order valence-electron chi connectivity index (χ0n) is 12.9. The Balaban J connectivity index is 1.94. The first-order valence-electron chi connectivity index (χ1n) is 7.35. The van der Waals surface area contributed by atoms with Gasteiger partial charge in [-0.25, -0.2) is 0 Å². The Morgan fingerprint density at radius 1 is 1.43 bits per heavy atom. The number of aryl methyl sites for hydroxylation is 1. The Labute approximate surface area is 126 Å². The number of fused-ring (bicyclic) bond motifs is 1. The molecule has 2 unspecified atom stereocenters. The molecule has 5 heteroatoms. The number of carbonyl (C=O) groups is 1. The molecule has 2 atom stereocenters. The van der Waals surface area contributed by atoms with E-state index in [-0.39, 0.29) is 18.0 Å². The molecule has 0 fully saturated rings. The summed E-state index contributed by atoms with van der Waals surface area (Å²) >= 11 is 0. The molecule has 0 radical (unpaired) electrons. The number of carbonyl (C=O) groups excluding carboxylic acids is 1. The van der Waals surface area contributed by atoms with Gasteiger partial charge in [0.05, 0.1) is 19.8 Å². The minimum Gasteiger partial charge on any atom is -0.497 e. The summed E-state index contributed by atoms with van der Waals surface area (Å²) in [6.45, 7) is 2.96. The van der Waals surface area contributed by atoms with E-state index in [0.717, 1.165) is 18.6 Å². The Bertz CT molecular complexity index is 490. The molecule has 116 valence electrons. The van der Waals surface area contributed by atoms with Crippen LogP contribution in [-0.4, -0.2) is 39.3 Å². The van der Waals surface area contributed by atoms with Gasteiger partial charge in [-0.3, -0.25) is 10.1 Å². The molecule has 1 aliphatic rings. The molecule has 0 spiro atoms. The van der Waals surface area contributed by atoms with Crippen LogP contribution >= 0.6 is 0 Å². The van der Waals surface area contributed by atoms with Gasteiger partial charge in [0, 0.05) is 19.7 Å². The van der Waals surface area contributed by atoms with Crippen molar-refractivity contribution in [1.29, 1.82) is 0 Å². The van der Waals surface area contributed by atoms with Crippen molar-refractivity contribution >= 4 is 5.91 Å². The van der Waals surface area contributed by atoms with Gasteiger partial charge in [-0.05, 0) is 43.0 Å². The minimum atomic E-state index is -0.232. The van der Waals surface area contributed by atoms with Crippen molar-refractivity contribution in [2.24, 2.45) is 0 Å². The van der Waals surface area contributed by atoms with Crippen molar-refractivity contribution in [3.05, 3.63) is 29.3 Å². The van der Waals surface area contributed by atoms with E-state index >= 15 is 0 Å². The van der Waals surface area contributed by atoms with Gasteiger partial charge in [0.15, 0.2) is 0 Å². The van der Waals surface area contributed by atoms with Gasteiger partial charge < -0.3 is 14.8 Å². The van der Waals surface area contributed by atoms with E-state index in [0.29, 0.717) is 13.2 Å². The van der Waals surface area contributed by atoms with E-state index in [2.05, 4.69) is 22.8 Å². The molecule has 1 aliphatic carbocycles. The summed E-state index contributed by atoms with van der Waals surface area (Å²) in [7, 11) is 3.29. The van der Waals surface area contributed by atoms with Gasteiger partial charge in [0.25, 0.3) is 0 Å². The van der Waals surface area contributed by atoms with Crippen LogP contribution in [0.25, 0.3) is 0 Å². The van der Waals surface area contributed by atoms with Crippen LogP contribution in [0.3, 0.4) is 0 Å². The Kier molecular flexibility index (Phi) is 5.59. The largest absolute Gasteiger partial charge is 0.497 e. The molecule has 1 aromatic carbocycles. The van der Waals surface area contributed by atoms with Gasteiger partial charge in [-0.15, -0.1) is 0 Å². The van der Waals surface area contributed by atoms with Gasteiger partial charge in [-0.1, -0.05) is 6.07 Å². The molecule has 2 rings (SSSR count). The lowest BCUT2D eigenvalue weighted by Gasteiger charge is -2.20. The second-order valence-corrected chi connectivity index (χ2v) is 5.33. The smallest absolute Gasteiger partial charge is 0.236 e. The van der Waals surface area contributed by atoms with Crippen molar-refractivity contribution in [3.8, 4) is 5.75 Å². The van der Waals surface area contributed by atoms with Crippen molar-refractivity contribution in [2.45, 2.75) is 31.8 Å². The van der Waals surface area contributed by atoms with Crippen LogP contribution in [0.15, 0.2) is 18.2 Å². The van der Waals surface area contributed by atoms with E-state index < -0.39 is 0 Å². The van der Waals surface area contributed by atoms with E-state index in [1.54, 1.807) is 14.2 Å². The van der Waals surface area contributed by atoms with Gasteiger partial charge in [0.1, 0.15) is 5.75 Å². The molecule has 21 heavy (non-hydrogen) atoms. The second kappa shape index (κ2) is 7.43. The van der Waals surface area contributed by atoms with Crippen molar-refractivity contribution in [2.75, 3.05) is 27.4 Å². The highest BCUT2D eigenvalue weighted by Gasteiger charge is 2.26. The first-order valence-corrected chi connectivity index (χ1v) is 7.35. The SMILES string of the molecule is COCCNC(=O)C(C)NC1CCc2ccc(OC)cc21. The standard InChI is InChI=1S/C16H24N2O3/c1-11(16(19)17-8-9-20-2)18-15-7-5-12-4-6-13(21-3)10-14(12)15/h4,6,10-11,15,18H,5,7-9H2,1-3H3,(H,17,19). The monoisotopic (exact) mass is 292 g/mol. The summed E-state index contributed by atoms with van der Waals surface area (Å²) in [6, 6.07) is 6.14. The second-order valence-electron chi connectivity index (χ2n) is 5.33. The molecule has 0 heterocycles. The molecule has 0 bridgehead atoms. The van der Waals surface area contributed by atoms with Crippen LogP contribution in [0.1, 0.15) is 30.5 Å². The van der Waals surface area contributed by atoms with Crippen molar-refractivity contribution < 1.29 is 14.3 Å². The predicted octanol–water partition coefficient (Wildman–Crippen LogP) is 1.42. The van der Waals surface area contributed by atoms with Gasteiger partial charge in [0.2, 0.25) is 5.91 Å². The molecule has 1 amide bonds. The quantitative estimate of drug-likeness (QED) is 0.746. The maximum Gasteiger partial charge on any atom is 0.236 e. The third-order valence-corrected chi connectivity index (χ3v) is 3.88. The zero-order valence-corrected chi connectivity index (χ0v) is 12.9. The predicted molar refractivity (Wildman–Crippen MR) is 81.5 cm³/mol. The summed E-state index contributed by atoms with van der Waals surface area (Å²) in [5, 5.41) is 6.26. The molecule has 2 N–H and O–H groups in total. The molecule has 5 nitrogen and oxygen atoms in total. The van der Waals surface area contributed by atoms with Crippen LogP contribution in [0.5, 0.6) is 5.75 Å². The number of methoxy groups -OCH3 is 2.